The zero-order chi connectivity index (χ0) is 17.4. The van der Waals surface area contributed by atoms with E-state index in [9.17, 15) is 5.11 Å². The molecule has 0 unspecified atom stereocenters. The number of aliphatic imine (C=N–C) groups is 1. The smallest absolute Gasteiger partial charge is 0.191 e. The zero-order valence-corrected chi connectivity index (χ0v) is 17.9. The van der Waals surface area contributed by atoms with Crippen LogP contribution >= 0.6 is 24.0 Å². The van der Waals surface area contributed by atoms with Gasteiger partial charge in [-0.1, -0.05) is 19.1 Å². The van der Waals surface area contributed by atoms with Crippen molar-refractivity contribution >= 4 is 29.9 Å². The van der Waals surface area contributed by atoms with Gasteiger partial charge in [-0.25, -0.2) is 4.99 Å². The first-order chi connectivity index (χ1) is 11.6. The molecule has 1 aromatic carbocycles. The molecule has 0 bridgehead atoms. The number of aliphatic hydroxyl groups excluding tert-OH is 1. The largest absolute Gasteiger partial charge is 0.493 e. The standard InChI is InChI=1S/C19H31N3O2.HI/c1-4-10-24-17-11-15(3)6-7-16(17)12-21-18(20-5-2)22-13-19(14-23)8-9-19;/h6-7,11,23H,4-5,8-10,12-14H2,1-3H3,(H2,20,21,22);1H. The number of guanidine groups is 1. The molecule has 1 aliphatic rings. The summed E-state index contributed by atoms with van der Waals surface area (Å²) < 4.78 is 5.86. The molecule has 0 saturated heterocycles. The maximum Gasteiger partial charge on any atom is 0.191 e. The molecule has 2 rings (SSSR count). The third kappa shape index (κ3) is 7.01. The summed E-state index contributed by atoms with van der Waals surface area (Å²) in [5.74, 6) is 1.71. The van der Waals surface area contributed by atoms with Crippen molar-refractivity contribution in [3.8, 4) is 5.75 Å². The van der Waals surface area contributed by atoms with Crippen LogP contribution in [-0.2, 0) is 6.54 Å². The number of aliphatic hydroxyl groups is 1. The van der Waals surface area contributed by atoms with E-state index < -0.39 is 0 Å². The van der Waals surface area contributed by atoms with Gasteiger partial charge < -0.3 is 20.5 Å². The van der Waals surface area contributed by atoms with Gasteiger partial charge in [0.05, 0.1) is 19.8 Å². The van der Waals surface area contributed by atoms with Gasteiger partial charge in [0.25, 0.3) is 0 Å². The minimum Gasteiger partial charge on any atom is -0.493 e. The number of aryl methyl sites for hydroxylation is 1. The molecule has 1 fully saturated rings. The van der Waals surface area contributed by atoms with Crippen molar-refractivity contribution in [3.05, 3.63) is 29.3 Å². The number of ether oxygens (including phenoxy) is 1. The first-order valence-corrected chi connectivity index (χ1v) is 8.98. The van der Waals surface area contributed by atoms with Crippen molar-refractivity contribution in [2.75, 3.05) is 26.3 Å². The van der Waals surface area contributed by atoms with Gasteiger partial charge in [-0.15, -0.1) is 24.0 Å². The van der Waals surface area contributed by atoms with Gasteiger partial charge in [0.1, 0.15) is 5.75 Å². The van der Waals surface area contributed by atoms with Crippen LogP contribution in [-0.4, -0.2) is 37.4 Å². The monoisotopic (exact) mass is 461 g/mol. The van der Waals surface area contributed by atoms with E-state index in [4.69, 9.17) is 4.74 Å². The van der Waals surface area contributed by atoms with Crippen molar-refractivity contribution in [2.45, 2.75) is 46.6 Å². The van der Waals surface area contributed by atoms with E-state index in [-0.39, 0.29) is 36.0 Å². The molecule has 1 aliphatic carbocycles. The highest BCUT2D eigenvalue weighted by Gasteiger charge is 2.41. The number of nitrogens with zero attached hydrogens (tertiary/aromatic N) is 1. The van der Waals surface area contributed by atoms with E-state index in [0.717, 1.165) is 56.2 Å². The van der Waals surface area contributed by atoms with Gasteiger partial charge in [0.15, 0.2) is 5.96 Å². The molecule has 142 valence electrons. The SMILES string of the molecule is CCCOc1cc(C)ccc1CN=C(NCC)NCC1(CO)CC1.I. The number of halogens is 1. The second kappa shape index (κ2) is 10.9. The molecule has 0 spiro atoms. The molecule has 0 aromatic heterocycles. The first-order valence-electron chi connectivity index (χ1n) is 8.98. The summed E-state index contributed by atoms with van der Waals surface area (Å²) in [7, 11) is 0. The molecule has 25 heavy (non-hydrogen) atoms. The Morgan fingerprint density at radius 1 is 1.28 bits per heavy atom. The second-order valence-electron chi connectivity index (χ2n) is 6.67. The van der Waals surface area contributed by atoms with E-state index in [1.54, 1.807) is 0 Å². The lowest BCUT2D eigenvalue weighted by Gasteiger charge is -2.17. The number of nitrogens with one attached hydrogen (secondary N) is 2. The highest BCUT2D eigenvalue weighted by Crippen LogP contribution is 2.44. The molecule has 5 nitrogen and oxygen atoms in total. The Bertz CT molecular complexity index is 560. The average Bonchev–Trinajstić information content (AvgIpc) is 3.37. The van der Waals surface area contributed by atoms with Crippen LogP contribution in [0.15, 0.2) is 23.2 Å². The second-order valence-corrected chi connectivity index (χ2v) is 6.67. The van der Waals surface area contributed by atoms with Crippen LogP contribution in [0.5, 0.6) is 5.75 Å². The van der Waals surface area contributed by atoms with Gasteiger partial charge in [-0.3, -0.25) is 0 Å². The Kier molecular flexibility index (Phi) is 9.56. The van der Waals surface area contributed by atoms with E-state index in [0.29, 0.717) is 6.54 Å². The topological polar surface area (TPSA) is 65.9 Å². The van der Waals surface area contributed by atoms with Crippen LogP contribution in [0.25, 0.3) is 0 Å². The van der Waals surface area contributed by atoms with Gasteiger partial charge in [0.2, 0.25) is 0 Å². The van der Waals surface area contributed by atoms with Gasteiger partial charge in [-0.05, 0) is 44.7 Å². The van der Waals surface area contributed by atoms with E-state index >= 15 is 0 Å². The lowest BCUT2D eigenvalue weighted by Crippen LogP contribution is -2.41. The Hall–Kier alpha value is -1.02. The fourth-order valence-electron chi connectivity index (χ4n) is 2.48. The van der Waals surface area contributed by atoms with Crippen LogP contribution in [0.1, 0.15) is 44.2 Å². The van der Waals surface area contributed by atoms with Crippen molar-refractivity contribution in [1.82, 2.24) is 10.6 Å². The van der Waals surface area contributed by atoms with Crippen LogP contribution in [0, 0.1) is 12.3 Å². The number of rotatable bonds is 9. The highest BCUT2D eigenvalue weighted by atomic mass is 127. The highest BCUT2D eigenvalue weighted by molar-refractivity contribution is 14.0. The normalized spacial score (nSPS) is 15.3. The van der Waals surface area contributed by atoms with Crippen LogP contribution < -0.4 is 15.4 Å². The maximum atomic E-state index is 9.44. The molecule has 0 amide bonds. The number of hydrogen-bond donors (Lipinski definition) is 3. The minimum absolute atomic E-state index is 0. The Balaban J connectivity index is 0.00000312. The van der Waals surface area contributed by atoms with E-state index in [2.05, 4.69) is 54.6 Å². The van der Waals surface area contributed by atoms with Crippen molar-refractivity contribution in [1.29, 1.82) is 0 Å². The summed E-state index contributed by atoms with van der Waals surface area (Å²) >= 11 is 0. The summed E-state index contributed by atoms with van der Waals surface area (Å²) in [5, 5.41) is 16.1. The lowest BCUT2D eigenvalue weighted by molar-refractivity contribution is 0.212. The third-order valence-corrected chi connectivity index (χ3v) is 4.36. The molecular formula is C19H32IN3O2. The summed E-state index contributed by atoms with van der Waals surface area (Å²) in [5.41, 5.74) is 2.35. The molecule has 0 aliphatic heterocycles. The molecule has 1 aromatic rings. The Morgan fingerprint density at radius 3 is 2.64 bits per heavy atom. The van der Waals surface area contributed by atoms with E-state index in [1.165, 1.54) is 5.56 Å². The van der Waals surface area contributed by atoms with Gasteiger partial charge in [-0.2, -0.15) is 0 Å². The Labute approximate surface area is 168 Å². The fourth-order valence-corrected chi connectivity index (χ4v) is 2.48. The van der Waals surface area contributed by atoms with Crippen molar-refractivity contribution < 1.29 is 9.84 Å². The summed E-state index contributed by atoms with van der Waals surface area (Å²) in [6, 6.07) is 6.25. The molecular weight excluding hydrogens is 429 g/mol. The maximum absolute atomic E-state index is 9.44. The summed E-state index contributed by atoms with van der Waals surface area (Å²) in [4.78, 5) is 4.68. The van der Waals surface area contributed by atoms with Crippen molar-refractivity contribution in [2.24, 2.45) is 10.4 Å². The molecule has 1 saturated carbocycles. The quantitative estimate of drug-likeness (QED) is 0.300. The molecule has 0 atom stereocenters. The zero-order valence-electron chi connectivity index (χ0n) is 15.6. The first kappa shape index (κ1) is 22.0. The molecule has 3 N–H and O–H groups in total. The van der Waals surface area contributed by atoms with Crippen LogP contribution in [0.2, 0.25) is 0 Å². The fraction of sp³-hybridized carbons (Fsp3) is 0.632. The molecule has 0 heterocycles. The lowest BCUT2D eigenvalue weighted by atomic mass is 10.1. The number of benzene rings is 1. The van der Waals surface area contributed by atoms with Crippen LogP contribution in [0.4, 0.5) is 0 Å². The van der Waals surface area contributed by atoms with Gasteiger partial charge in [0, 0.05) is 24.1 Å². The summed E-state index contributed by atoms with van der Waals surface area (Å²) in [6.07, 6.45) is 3.16. The predicted molar refractivity (Wildman–Crippen MR) is 114 cm³/mol. The van der Waals surface area contributed by atoms with Crippen LogP contribution in [0.3, 0.4) is 0 Å². The van der Waals surface area contributed by atoms with Crippen molar-refractivity contribution in [3.63, 3.8) is 0 Å². The number of hydrogen-bond acceptors (Lipinski definition) is 3. The predicted octanol–water partition coefficient (Wildman–Crippen LogP) is 3.23. The summed E-state index contributed by atoms with van der Waals surface area (Å²) in [6.45, 7) is 9.34. The average molecular weight is 461 g/mol. The third-order valence-electron chi connectivity index (χ3n) is 4.36. The van der Waals surface area contributed by atoms with E-state index in [1.807, 2.05) is 0 Å². The Morgan fingerprint density at radius 2 is 2.04 bits per heavy atom. The minimum atomic E-state index is 0. The molecule has 0 radical (unpaired) electrons. The molecule has 6 heteroatoms. The van der Waals surface area contributed by atoms with Gasteiger partial charge >= 0.3 is 0 Å².